The maximum atomic E-state index is 12.2. The second-order valence-electron chi connectivity index (χ2n) is 6.20. The second-order valence-corrected chi connectivity index (χ2v) is 6.20. The van der Waals surface area contributed by atoms with Crippen LogP contribution in [0.2, 0.25) is 0 Å². The number of primary amides is 1. The number of hydrogen-bond donors (Lipinski definition) is 2. The van der Waals surface area contributed by atoms with Crippen molar-refractivity contribution in [3.8, 4) is 16.9 Å². The van der Waals surface area contributed by atoms with Gasteiger partial charge in [0.05, 0.1) is 0 Å². The molecule has 0 radical (unpaired) electrons. The smallest absolute Gasteiger partial charge is 0.436 e. The highest BCUT2D eigenvalue weighted by atomic mass is 19.4. The standard InChI is InChI=1S/C20H21F3N2O4/c1-2-3-17(28-19(24)27)18(26)25-12-13-4-6-14(7-5-13)15-8-10-16(11-9-15)29-20(21,22)23/h4-11,17H,2-3,12H2,1H3,(H2,24,27)(H,25,26)/t17-/m0/s1. The number of amides is 2. The molecule has 2 aromatic rings. The van der Waals surface area contributed by atoms with Gasteiger partial charge < -0.3 is 20.5 Å². The Morgan fingerprint density at radius 1 is 1.03 bits per heavy atom. The van der Waals surface area contributed by atoms with Crippen molar-refractivity contribution in [2.75, 3.05) is 0 Å². The average molecular weight is 410 g/mol. The number of ether oxygens (including phenoxy) is 2. The van der Waals surface area contributed by atoms with Gasteiger partial charge in [-0.2, -0.15) is 0 Å². The number of benzene rings is 2. The molecule has 0 bridgehead atoms. The zero-order valence-electron chi connectivity index (χ0n) is 15.7. The van der Waals surface area contributed by atoms with Crippen LogP contribution in [0.15, 0.2) is 48.5 Å². The highest BCUT2D eigenvalue weighted by molar-refractivity contribution is 5.83. The molecule has 2 aromatic carbocycles. The predicted octanol–water partition coefficient (Wildman–Crippen LogP) is 4.13. The lowest BCUT2D eigenvalue weighted by Crippen LogP contribution is -2.38. The van der Waals surface area contributed by atoms with Crippen LogP contribution >= 0.6 is 0 Å². The third-order valence-corrected chi connectivity index (χ3v) is 3.94. The van der Waals surface area contributed by atoms with E-state index in [9.17, 15) is 22.8 Å². The van der Waals surface area contributed by atoms with Gasteiger partial charge in [0.2, 0.25) is 0 Å². The third kappa shape index (κ3) is 7.36. The van der Waals surface area contributed by atoms with Gasteiger partial charge in [0.15, 0.2) is 6.10 Å². The molecule has 3 N–H and O–H groups in total. The molecule has 1 atom stereocenters. The van der Waals surface area contributed by atoms with E-state index in [0.717, 1.165) is 11.1 Å². The van der Waals surface area contributed by atoms with Gasteiger partial charge in [-0.15, -0.1) is 13.2 Å². The molecule has 0 aromatic heterocycles. The largest absolute Gasteiger partial charge is 0.573 e. The quantitative estimate of drug-likeness (QED) is 0.685. The minimum Gasteiger partial charge on any atom is -0.436 e. The summed E-state index contributed by atoms with van der Waals surface area (Å²) in [5.74, 6) is -0.727. The molecular formula is C20H21F3N2O4. The Kier molecular flexibility index (Phi) is 7.46. The Morgan fingerprint density at radius 2 is 1.59 bits per heavy atom. The lowest BCUT2D eigenvalue weighted by Gasteiger charge is -2.15. The number of alkyl halides is 3. The van der Waals surface area contributed by atoms with Crippen LogP contribution < -0.4 is 15.8 Å². The van der Waals surface area contributed by atoms with Gasteiger partial charge in [-0.3, -0.25) is 4.79 Å². The first-order valence-electron chi connectivity index (χ1n) is 8.87. The van der Waals surface area contributed by atoms with Crippen molar-refractivity contribution in [3.63, 3.8) is 0 Å². The maximum Gasteiger partial charge on any atom is 0.573 e. The summed E-state index contributed by atoms with van der Waals surface area (Å²) in [6.07, 6.45) is -5.66. The molecular weight excluding hydrogens is 389 g/mol. The highest BCUT2D eigenvalue weighted by Crippen LogP contribution is 2.26. The van der Waals surface area contributed by atoms with Crippen molar-refractivity contribution in [2.24, 2.45) is 5.73 Å². The first-order chi connectivity index (χ1) is 13.7. The molecule has 0 saturated heterocycles. The van der Waals surface area contributed by atoms with Crippen LogP contribution in [-0.2, 0) is 16.1 Å². The number of halogens is 3. The number of rotatable bonds is 8. The summed E-state index contributed by atoms with van der Waals surface area (Å²) in [6, 6.07) is 12.6. The lowest BCUT2D eigenvalue weighted by atomic mass is 10.0. The number of carbonyl (C=O) groups is 2. The van der Waals surface area contributed by atoms with Crippen molar-refractivity contribution in [3.05, 3.63) is 54.1 Å². The zero-order chi connectivity index (χ0) is 21.4. The van der Waals surface area contributed by atoms with E-state index in [-0.39, 0.29) is 12.3 Å². The second kappa shape index (κ2) is 9.81. The molecule has 2 amide bonds. The highest BCUT2D eigenvalue weighted by Gasteiger charge is 2.30. The molecule has 156 valence electrons. The van der Waals surface area contributed by atoms with Crippen molar-refractivity contribution in [1.29, 1.82) is 0 Å². The number of carbonyl (C=O) groups excluding carboxylic acids is 2. The van der Waals surface area contributed by atoms with Gasteiger partial charge in [0.1, 0.15) is 5.75 Å². The van der Waals surface area contributed by atoms with Crippen molar-refractivity contribution in [1.82, 2.24) is 5.32 Å². The summed E-state index contributed by atoms with van der Waals surface area (Å²) in [4.78, 5) is 23.0. The van der Waals surface area contributed by atoms with E-state index < -0.39 is 24.5 Å². The van der Waals surface area contributed by atoms with Gasteiger partial charge in [0.25, 0.3) is 5.91 Å². The van der Waals surface area contributed by atoms with E-state index in [4.69, 9.17) is 10.5 Å². The Labute approximate surface area is 165 Å². The Morgan fingerprint density at radius 3 is 2.07 bits per heavy atom. The van der Waals surface area contributed by atoms with Crippen molar-refractivity contribution < 1.29 is 32.2 Å². The third-order valence-electron chi connectivity index (χ3n) is 3.94. The Balaban J connectivity index is 1.96. The summed E-state index contributed by atoms with van der Waals surface area (Å²) in [6.45, 7) is 2.07. The molecule has 0 saturated carbocycles. The SMILES string of the molecule is CCC[C@H](OC(N)=O)C(=O)NCc1ccc(-c2ccc(OC(F)(F)F)cc2)cc1. The zero-order valence-corrected chi connectivity index (χ0v) is 15.7. The Hall–Kier alpha value is -3.23. The van der Waals surface area contributed by atoms with Crippen LogP contribution in [0.25, 0.3) is 11.1 Å². The molecule has 6 nitrogen and oxygen atoms in total. The minimum absolute atomic E-state index is 0.222. The van der Waals surface area contributed by atoms with Crippen LogP contribution in [0.4, 0.5) is 18.0 Å². The van der Waals surface area contributed by atoms with Gasteiger partial charge in [-0.05, 0) is 35.2 Å². The van der Waals surface area contributed by atoms with Crippen LogP contribution in [0.1, 0.15) is 25.3 Å². The molecule has 0 unspecified atom stereocenters. The maximum absolute atomic E-state index is 12.2. The molecule has 0 spiro atoms. The van der Waals surface area contributed by atoms with E-state index in [1.807, 2.05) is 6.92 Å². The normalized spacial score (nSPS) is 12.1. The van der Waals surface area contributed by atoms with Crippen LogP contribution in [0, 0.1) is 0 Å². The monoisotopic (exact) mass is 410 g/mol. The number of nitrogens with two attached hydrogens (primary N) is 1. The Bertz CT molecular complexity index is 821. The molecule has 0 fully saturated rings. The first kappa shape index (κ1) is 22.1. The fourth-order valence-corrected chi connectivity index (χ4v) is 2.61. The van der Waals surface area contributed by atoms with Gasteiger partial charge >= 0.3 is 12.5 Å². The average Bonchev–Trinajstić information content (AvgIpc) is 2.65. The summed E-state index contributed by atoms with van der Waals surface area (Å²) in [5.41, 5.74) is 7.28. The van der Waals surface area contributed by atoms with Crippen molar-refractivity contribution >= 4 is 12.0 Å². The molecule has 9 heteroatoms. The van der Waals surface area contributed by atoms with Gasteiger partial charge in [-0.1, -0.05) is 49.7 Å². The summed E-state index contributed by atoms with van der Waals surface area (Å²) in [5, 5.41) is 2.68. The van der Waals surface area contributed by atoms with Gasteiger partial charge in [-0.25, -0.2) is 4.79 Å². The topological polar surface area (TPSA) is 90.7 Å². The minimum atomic E-state index is -4.73. The number of nitrogens with one attached hydrogen (secondary N) is 1. The van der Waals surface area contributed by atoms with E-state index in [1.165, 1.54) is 24.3 Å². The molecule has 2 rings (SSSR count). The molecule has 29 heavy (non-hydrogen) atoms. The fourth-order valence-electron chi connectivity index (χ4n) is 2.61. The predicted molar refractivity (Wildman–Crippen MR) is 99.8 cm³/mol. The lowest BCUT2D eigenvalue weighted by molar-refractivity contribution is -0.274. The molecule has 0 aliphatic carbocycles. The molecule has 0 heterocycles. The van der Waals surface area contributed by atoms with Gasteiger partial charge in [0, 0.05) is 6.54 Å². The van der Waals surface area contributed by atoms with E-state index in [2.05, 4.69) is 10.1 Å². The molecule has 0 aliphatic heterocycles. The molecule has 0 aliphatic rings. The summed E-state index contributed by atoms with van der Waals surface area (Å²) < 4.78 is 45.3. The van der Waals surface area contributed by atoms with E-state index in [1.54, 1.807) is 24.3 Å². The summed E-state index contributed by atoms with van der Waals surface area (Å²) >= 11 is 0. The van der Waals surface area contributed by atoms with Crippen molar-refractivity contribution in [2.45, 2.75) is 38.8 Å². The van der Waals surface area contributed by atoms with Crippen LogP contribution in [0.3, 0.4) is 0 Å². The van der Waals surface area contributed by atoms with Crippen LogP contribution in [0.5, 0.6) is 5.75 Å². The van der Waals surface area contributed by atoms with E-state index >= 15 is 0 Å². The van der Waals surface area contributed by atoms with E-state index in [0.29, 0.717) is 18.4 Å². The fraction of sp³-hybridized carbons (Fsp3) is 0.300. The number of hydrogen-bond acceptors (Lipinski definition) is 4. The van der Waals surface area contributed by atoms with Crippen LogP contribution in [-0.4, -0.2) is 24.5 Å². The first-order valence-corrected chi connectivity index (χ1v) is 8.87. The summed E-state index contributed by atoms with van der Waals surface area (Å²) in [7, 11) is 0.